The van der Waals surface area contributed by atoms with Gasteiger partial charge >= 0.3 is 6.18 Å². The Kier molecular flexibility index (Phi) is 5.62. The third-order valence-corrected chi connectivity index (χ3v) is 3.03. The van der Waals surface area contributed by atoms with Gasteiger partial charge in [0.2, 0.25) is 5.91 Å². The zero-order valence-corrected chi connectivity index (χ0v) is 12.3. The van der Waals surface area contributed by atoms with Crippen LogP contribution in [0.5, 0.6) is 5.75 Å². The Morgan fingerprint density at radius 3 is 2.48 bits per heavy atom. The summed E-state index contributed by atoms with van der Waals surface area (Å²) in [6.07, 6.45) is -3.78. The van der Waals surface area contributed by atoms with Gasteiger partial charge in [0.15, 0.2) is 0 Å². The van der Waals surface area contributed by atoms with Crippen molar-refractivity contribution in [2.45, 2.75) is 19.0 Å². The number of para-hydroxylation sites is 1. The molecule has 2 aromatic carbocycles. The van der Waals surface area contributed by atoms with Crippen molar-refractivity contribution in [3.8, 4) is 5.75 Å². The highest BCUT2D eigenvalue weighted by Gasteiger charge is 2.30. The second-order valence-corrected chi connectivity index (χ2v) is 4.89. The average molecular weight is 323 g/mol. The molecule has 0 heterocycles. The molecule has 0 saturated carbocycles. The van der Waals surface area contributed by atoms with E-state index in [1.807, 2.05) is 30.3 Å². The van der Waals surface area contributed by atoms with Gasteiger partial charge in [-0.15, -0.1) is 0 Å². The minimum absolute atomic E-state index is 0.133. The predicted octanol–water partition coefficient (Wildman–Crippen LogP) is 4.50. The second kappa shape index (κ2) is 7.67. The molecule has 0 fully saturated rings. The standard InChI is InChI=1S/C17H16F3NO2/c18-17(19,20)13-6-4-7-14(12-13)21-16(22)10-5-11-23-15-8-2-1-3-9-15/h1-4,6-9,12H,5,10-11H2,(H,21,22). The summed E-state index contributed by atoms with van der Waals surface area (Å²) in [6, 6.07) is 13.7. The number of alkyl halides is 3. The van der Waals surface area contributed by atoms with Crippen LogP contribution in [0, 0.1) is 0 Å². The van der Waals surface area contributed by atoms with Gasteiger partial charge in [-0.25, -0.2) is 0 Å². The van der Waals surface area contributed by atoms with E-state index >= 15 is 0 Å². The summed E-state index contributed by atoms with van der Waals surface area (Å²) in [6.45, 7) is 0.361. The highest BCUT2D eigenvalue weighted by atomic mass is 19.4. The van der Waals surface area contributed by atoms with E-state index < -0.39 is 11.7 Å². The molecule has 0 spiro atoms. The number of hydrogen-bond donors (Lipinski definition) is 1. The van der Waals surface area contributed by atoms with Gasteiger partial charge in [0, 0.05) is 12.1 Å². The largest absolute Gasteiger partial charge is 0.494 e. The van der Waals surface area contributed by atoms with Crippen LogP contribution >= 0.6 is 0 Å². The van der Waals surface area contributed by atoms with E-state index in [-0.39, 0.29) is 18.0 Å². The maximum absolute atomic E-state index is 12.6. The predicted molar refractivity (Wildman–Crippen MR) is 81.2 cm³/mol. The molecular formula is C17H16F3NO2. The highest BCUT2D eigenvalue weighted by molar-refractivity contribution is 5.90. The fourth-order valence-corrected chi connectivity index (χ4v) is 1.94. The van der Waals surface area contributed by atoms with Crippen molar-refractivity contribution in [2.75, 3.05) is 11.9 Å². The molecule has 23 heavy (non-hydrogen) atoms. The molecule has 0 aliphatic heterocycles. The maximum atomic E-state index is 12.6. The summed E-state index contributed by atoms with van der Waals surface area (Å²) >= 11 is 0. The highest BCUT2D eigenvalue weighted by Crippen LogP contribution is 2.30. The van der Waals surface area contributed by atoms with Crippen molar-refractivity contribution in [3.63, 3.8) is 0 Å². The number of amides is 1. The number of rotatable bonds is 6. The van der Waals surface area contributed by atoms with Crippen molar-refractivity contribution in [1.82, 2.24) is 0 Å². The van der Waals surface area contributed by atoms with Crippen LogP contribution in [0.1, 0.15) is 18.4 Å². The summed E-state index contributed by atoms with van der Waals surface area (Å²) in [5.74, 6) is 0.367. The van der Waals surface area contributed by atoms with Gasteiger partial charge in [-0.05, 0) is 36.8 Å². The van der Waals surface area contributed by atoms with Crippen molar-refractivity contribution in [1.29, 1.82) is 0 Å². The first-order chi connectivity index (χ1) is 10.9. The van der Waals surface area contributed by atoms with Gasteiger partial charge in [0.05, 0.1) is 12.2 Å². The normalized spacial score (nSPS) is 11.1. The van der Waals surface area contributed by atoms with Gasteiger partial charge < -0.3 is 10.1 Å². The van der Waals surface area contributed by atoms with Gasteiger partial charge in [-0.1, -0.05) is 24.3 Å². The van der Waals surface area contributed by atoms with Crippen molar-refractivity contribution < 1.29 is 22.7 Å². The minimum Gasteiger partial charge on any atom is -0.494 e. The second-order valence-electron chi connectivity index (χ2n) is 4.89. The number of hydrogen-bond acceptors (Lipinski definition) is 2. The lowest BCUT2D eigenvalue weighted by Crippen LogP contribution is -2.13. The Hall–Kier alpha value is -2.50. The first kappa shape index (κ1) is 16.9. The van der Waals surface area contributed by atoms with Crippen LogP contribution < -0.4 is 10.1 Å². The lowest BCUT2D eigenvalue weighted by molar-refractivity contribution is -0.137. The quantitative estimate of drug-likeness (QED) is 0.795. The molecule has 1 amide bonds. The van der Waals surface area contributed by atoms with E-state index in [1.165, 1.54) is 12.1 Å². The van der Waals surface area contributed by atoms with E-state index in [4.69, 9.17) is 4.74 Å². The fraction of sp³-hybridized carbons (Fsp3) is 0.235. The Balaban J connectivity index is 1.77. The van der Waals surface area contributed by atoms with Crippen molar-refractivity contribution in [3.05, 3.63) is 60.2 Å². The third kappa shape index (κ3) is 5.65. The number of benzene rings is 2. The van der Waals surface area contributed by atoms with Crippen LogP contribution in [-0.4, -0.2) is 12.5 Å². The first-order valence-electron chi connectivity index (χ1n) is 7.10. The van der Waals surface area contributed by atoms with Gasteiger partial charge in [-0.2, -0.15) is 13.2 Å². The lowest BCUT2D eigenvalue weighted by Gasteiger charge is -2.10. The zero-order chi connectivity index (χ0) is 16.7. The molecule has 0 unspecified atom stereocenters. The Labute approximate surface area is 132 Å². The molecular weight excluding hydrogens is 307 g/mol. The van der Waals surface area contributed by atoms with E-state index in [9.17, 15) is 18.0 Å². The molecule has 2 aromatic rings. The van der Waals surface area contributed by atoms with E-state index in [2.05, 4.69) is 5.32 Å². The summed E-state index contributed by atoms with van der Waals surface area (Å²) in [7, 11) is 0. The Morgan fingerprint density at radius 2 is 1.78 bits per heavy atom. The van der Waals surface area contributed by atoms with E-state index in [1.54, 1.807) is 0 Å². The number of nitrogens with one attached hydrogen (secondary N) is 1. The summed E-state index contributed by atoms with van der Waals surface area (Å²) in [4.78, 5) is 11.7. The molecule has 0 atom stereocenters. The average Bonchev–Trinajstić information content (AvgIpc) is 2.52. The monoisotopic (exact) mass is 323 g/mol. The van der Waals surface area contributed by atoms with Crippen LogP contribution in [0.4, 0.5) is 18.9 Å². The summed E-state index contributed by atoms with van der Waals surface area (Å²) in [5.41, 5.74) is -0.656. The van der Waals surface area contributed by atoms with Gasteiger partial charge in [-0.3, -0.25) is 4.79 Å². The third-order valence-electron chi connectivity index (χ3n) is 3.03. The van der Waals surface area contributed by atoms with E-state index in [0.717, 1.165) is 12.1 Å². The molecule has 0 aromatic heterocycles. The van der Waals surface area contributed by atoms with Crippen molar-refractivity contribution in [2.24, 2.45) is 0 Å². The Bertz CT molecular complexity index is 642. The smallest absolute Gasteiger partial charge is 0.416 e. The van der Waals surface area contributed by atoms with Gasteiger partial charge in [0.1, 0.15) is 5.75 Å². The molecule has 1 N–H and O–H groups in total. The van der Waals surface area contributed by atoms with E-state index in [0.29, 0.717) is 18.8 Å². The molecule has 3 nitrogen and oxygen atoms in total. The van der Waals surface area contributed by atoms with Crippen molar-refractivity contribution >= 4 is 11.6 Å². The molecule has 6 heteroatoms. The van der Waals surface area contributed by atoms with Crippen LogP contribution in [0.2, 0.25) is 0 Å². The number of anilines is 1. The number of carbonyl (C=O) groups excluding carboxylic acids is 1. The minimum atomic E-state index is -4.43. The first-order valence-corrected chi connectivity index (χ1v) is 7.10. The molecule has 122 valence electrons. The fourth-order valence-electron chi connectivity index (χ4n) is 1.94. The number of halogens is 3. The summed E-state index contributed by atoms with van der Waals surface area (Å²) < 4.78 is 43.2. The molecule has 0 bridgehead atoms. The van der Waals surface area contributed by atoms with Crippen LogP contribution in [0.15, 0.2) is 54.6 Å². The topological polar surface area (TPSA) is 38.3 Å². The molecule has 0 saturated heterocycles. The Morgan fingerprint density at radius 1 is 1.04 bits per heavy atom. The molecule has 0 aliphatic carbocycles. The molecule has 0 radical (unpaired) electrons. The zero-order valence-electron chi connectivity index (χ0n) is 12.3. The van der Waals surface area contributed by atoms with Crippen LogP contribution in [0.25, 0.3) is 0 Å². The number of ether oxygens (including phenoxy) is 1. The van der Waals surface area contributed by atoms with Gasteiger partial charge in [0.25, 0.3) is 0 Å². The summed E-state index contributed by atoms with van der Waals surface area (Å²) in [5, 5.41) is 2.46. The lowest BCUT2D eigenvalue weighted by atomic mass is 10.2. The van der Waals surface area contributed by atoms with Crippen LogP contribution in [-0.2, 0) is 11.0 Å². The molecule has 0 aliphatic rings. The SMILES string of the molecule is O=C(CCCOc1ccccc1)Nc1cccc(C(F)(F)F)c1. The molecule has 2 rings (SSSR count). The number of carbonyl (C=O) groups is 1. The maximum Gasteiger partial charge on any atom is 0.416 e. The van der Waals surface area contributed by atoms with Crippen LogP contribution in [0.3, 0.4) is 0 Å².